The summed E-state index contributed by atoms with van der Waals surface area (Å²) in [6, 6.07) is 26.4. The minimum atomic E-state index is -0.133. The van der Waals surface area contributed by atoms with E-state index < -0.39 is 0 Å². The van der Waals surface area contributed by atoms with Gasteiger partial charge in [0.2, 0.25) is 5.69 Å². The molecular formula is C37H37N2+. The molecule has 0 aliphatic carbocycles. The Bertz CT molecular complexity index is 1760. The maximum absolute atomic E-state index is 4.11. The molecule has 6 rings (SSSR count). The summed E-state index contributed by atoms with van der Waals surface area (Å²) in [6.07, 6.45) is 14.0. The van der Waals surface area contributed by atoms with E-state index in [0.29, 0.717) is 0 Å². The van der Waals surface area contributed by atoms with Crippen molar-refractivity contribution in [1.82, 2.24) is 0 Å². The molecule has 0 fully saturated rings. The van der Waals surface area contributed by atoms with Gasteiger partial charge in [-0.25, -0.2) is 0 Å². The van der Waals surface area contributed by atoms with Crippen molar-refractivity contribution in [3.63, 3.8) is 0 Å². The van der Waals surface area contributed by atoms with Crippen molar-refractivity contribution in [2.45, 2.75) is 38.0 Å². The van der Waals surface area contributed by atoms with Crippen molar-refractivity contribution in [3.05, 3.63) is 133 Å². The molecule has 194 valence electrons. The summed E-state index contributed by atoms with van der Waals surface area (Å²) in [4.78, 5) is 2.35. The first-order chi connectivity index (χ1) is 18.8. The average Bonchev–Trinajstić information content (AvgIpc) is 3.27. The third-order valence-electron chi connectivity index (χ3n) is 8.92. The highest BCUT2D eigenvalue weighted by molar-refractivity contribution is 6.07. The molecule has 1 atom stereocenters. The van der Waals surface area contributed by atoms with Crippen LogP contribution >= 0.6 is 0 Å². The molecule has 2 heterocycles. The van der Waals surface area contributed by atoms with Gasteiger partial charge in [-0.3, -0.25) is 0 Å². The SMILES string of the molecule is C=CCC1(C)\C(=C/C=C/C=C/C2=[N+](C)c3ccc4ccccc4c3C2(C)C)N(C)c2ccc3ccccc3c21. The molecule has 1 unspecified atom stereocenters. The second kappa shape index (κ2) is 9.24. The van der Waals surface area contributed by atoms with Gasteiger partial charge in [0.1, 0.15) is 7.05 Å². The lowest BCUT2D eigenvalue weighted by atomic mass is 9.76. The summed E-state index contributed by atoms with van der Waals surface area (Å²) in [7, 11) is 4.37. The molecule has 0 saturated heterocycles. The average molecular weight is 510 g/mol. The Hall–Kier alpha value is -4.17. The van der Waals surface area contributed by atoms with E-state index in [1.807, 2.05) is 0 Å². The van der Waals surface area contributed by atoms with E-state index >= 15 is 0 Å². The van der Waals surface area contributed by atoms with Crippen LogP contribution in [0, 0.1) is 0 Å². The molecule has 4 aromatic rings. The quantitative estimate of drug-likeness (QED) is 0.148. The summed E-state index contributed by atoms with van der Waals surface area (Å²) >= 11 is 0. The fourth-order valence-electron chi connectivity index (χ4n) is 7.09. The zero-order chi connectivity index (χ0) is 27.4. The molecule has 0 N–H and O–H groups in total. The van der Waals surface area contributed by atoms with Crippen LogP contribution in [0.1, 0.15) is 38.3 Å². The number of allylic oxidation sites excluding steroid dienone is 7. The number of hydrogen-bond donors (Lipinski definition) is 0. The molecule has 0 bridgehead atoms. The lowest BCUT2D eigenvalue weighted by Crippen LogP contribution is -2.26. The Morgan fingerprint density at radius 2 is 1.44 bits per heavy atom. The molecule has 2 nitrogen and oxygen atoms in total. The largest absolute Gasteiger partial charge is 0.347 e. The van der Waals surface area contributed by atoms with Crippen molar-refractivity contribution in [2.24, 2.45) is 0 Å². The Morgan fingerprint density at radius 1 is 0.795 bits per heavy atom. The van der Waals surface area contributed by atoms with Gasteiger partial charge in [-0.1, -0.05) is 78.9 Å². The van der Waals surface area contributed by atoms with E-state index in [4.69, 9.17) is 0 Å². The molecule has 2 aliphatic rings. The van der Waals surface area contributed by atoms with Crippen LogP contribution in [-0.2, 0) is 10.8 Å². The van der Waals surface area contributed by atoms with Gasteiger partial charge in [0, 0.05) is 41.6 Å². The van der Waals surface area contributed by atoms with Gasteiger partial charge in [-0.15, -0.1) is 6.58 Å². The van der Waals surface area contributed by atoms with Gasteiger partial charge >= 0.3 is 0 Å². The summed E-state index contributed by atoms with van der Waals surface area (Å²) in [5.41, 5.74) is 7.77. The van der Waals surface area contributed by atoms with E-state index in [2.05, 4.69) is 160 Å². The first-order valence-corrected chi connectivity index (χ1v) is 13.8. The van der Waals surface area contributed by atoms with E-state index in [1.165, 1.54) is 55.5 Å². The fraction of sp³-hybridized carbons (Fsp3) is 0.216. The maximum Gasteiger partial charge on any atom is 0.210 e. The number of likely N-dealkylation sites (N-methyl/N-ethyl adjacent to an activating group) is 1. The normalized spacial score (nSPS) is 21.2. The number of fused-ring (bicyclic) bond motifs is 6. The minimum Gasteiger partial charge on any atom is -0.347 e. The zero-order valence-electron chi connectivity index (χ0n) is 23.7. The lowest BCUT2D eigenvalue weighted by molar-refractivity contribution is -0.401. The second-order valence-electron chi connectivity index (χ2n) is 11.6. The van der Waals surface area contributed by atoms with E-state index in [1.54, 1.807) is 0 Å². The molecule has 2 aliphatic heterocycles. The highest BCUT2D eigenvalue weighted by Gasteiger charge is 2.44. The molecule has 0 amide bonds. The van der Waals surface area contributed by atoms with Crippen LogP contribution in [0.15, 0.2) is 122 Å². The van der Waals surface area contributed by atoms with Crippen molar-refractivity contribution < 1.29 is 4.58 Å². The summed E-state index contributed by atoms with van der Waals surface area (Å²) in [6.45, 7) is 11.1. The van der Waals surface area contributed by atoms with Crippen molar-refractivity contribution in [2.75, 3.05) is 19.0 Å². The monoisotopic (exact) mass is 509 g/mol. The zero-order valence-corrected chi connectivity index (χ0v) is 23.7. The van der Waals surface area contributed by atoms with Crippen LogP contribution in [0.3, 0.4) is 0 Å². The first kappa shape index (κ1) is 25.1. The predicted octanol–water partition coefficient (Wildman–Crippen LogP) is 8.98. The second-order valence-corrected chi connectivity index (χ2v) is 11.6. The van der Waals surface area contributed by atoms with Crippen LogP contribution in [0.25, 0.3) is 21.5 Å². The Labute approximate surface area is 232 Å². The number of benzene rings is 4. The van der Waals surface area contributed by atoms with Crippen LogP contribution in [0.5, 0.6) is 0 Å². The number of rotatable bonds is 5. The van der Waals surface area contributed by atoms with Crippen LogP contribution in [0.2, 0.25) is 0 Å². The number of anilines is 1. The van der Waals surface area contributed by atoms with Gasteiger partial charge in [0.15, 0.2) is 5.71 Å². The molecule has 2 heteroatoms. The van der Waals surface area contributed by atoms with Crippen LogP contribution in [-0.4, -0.2) is 24.4 Å². The van der Waals surface area contributed by atoms with E-state index in [9.17, 15) is 0 Å². The Kier molecular flexibility index (Phi) is 5.95. The van der Waals surface area contributed by atoms with Crippen LogP contribution in [0.4, 0.5) is 11.4 Å². The van der Waals surface area contributed by atoms with Gasteiger partial charge in [-0.05, 0) is 72.5 Å². The highest BCUT2D eigenvalue weighted by Crippen LogP contribution is 2.52. The van der Waals surface area contributed by atoms with Crippen molar-refractivity contribution in [1.29, 1.82) is 0 Å². The highest BCUT2D eigenvalue weighted by atomic mass is 15.2. The summed E-state index contributed by atoms with van der Waals surface area (Å²) in [5, 5.41) is 5.25. The minimum absolute atomic E-state index is 0.0787. The third-order valence-corrected chi connectivity index (χ3v) is 8.92. The Morgan fingerprint density at radius 3 is 2.13 bits per heavy atom. The lowest BCUT2D eigenvalue weighted by Gasteiger charge is -2.28. The number of nitrogens with zero attached hydrogens (tertiary/aromatic N) is 2. The third kappa shape index (κ3) is 3.73. The molecule has 0 radical (unpaired) electrons. The van der Waals surface area contributed by atoms with Crippen LogP contribution < -0.4 is 4.90 Å². The van der Waals surface area contributed by atoms with E-state index in [0.717, 1.165) is 6.42 Å². The maximum atomic E-state index is 4.11. The fourth-order valence-corrected chi connectivity index (χ4v) is 7.09. The first-order valence-electron chi connectivity index (χ1n) is 13.8. The van der Waals surface area contributed by atoms with Gasteiger partial charge in [-0.2, -0.15) is 4.58 Å². The smallest absolute Gasteiger partial charge is 0.210 e. The summed E-state index contributed by atoms with van der Waals surface area (Å²) in [5.74, 6) is 0. The topological polar surface area (TPSA) is 6.25 Å². The molecule has 39 heavy (non-hydrogen) atoms. The number of hydrogen-bond acceptors (Lipinski definition) is 1. The van der Waals surface area contributed by atoms with Crippen molar-refractivity contribution >= 4 is 38.6 Å². The molecule has 4 aromatic carbocycles. The molecular weight excluding hydrogens is 472 g/mol. The standard InChI is InChI=1S/C37H37N2/c1-7-25-37(4)33(39(6)31-24-22-27-16-12-14-18-29(27)35(31)37)20-10-8-9-19-32-36(2,3)34-28-17-13-11-15-26(28)21-23-30(34)38(32)5/h7-24H,1,25H2,2-6H3/q+1. The van der Waals surface area contributed by atoms with Crippen molar-refractivity contribution in [3.8, 4) is 0 Å². The predicted molar refractivity (Wildman–Crippen MR) is 169 cm³/mol. The van der Waals surface area contributed by atoms with Gasteiger partial charge < -0.3 is 4.90 Å². The van der Waals surface area contributed by atoms with Gasteiger partial charge in [0.25, 0.3) is 0 Å². The van der Waals surface area contributed by atoms with E-state index in [-0.39, 0.29) is 10.8 Å². The Balaban J connectivity index is 1.33. The molecule has 0 saturated carbocycles. The molecule has 0 aromatic heterocycles. The summed E-state index contributed by atoms with van der Waals surface area (Å²) < 4.78 is 2.35. The van der Waals surface area contributed by atoms with Gasteiger partial charge in [0.05, 0.1) is 5.41 Å². The molecule has 0 spiro atoms.